The molecule has 1 atom stereocenters. The summed E-state index contributed by atoms with van der Waals surface area (Å²) < 4.78 is 18.2. The van der Waals surface area contributed by atoms with Crippen LogP contribution in [0.2, 0.25) is 5.02 Å². The lowest BCUT2D eigenvalue weighted by Gasteiger charge is -2.35. The summed E-state index contributed by atoms with van der Waals surface area (Å²) in [7, 11) is 0. The Kier molecular flexibility index (Phi) is 6.78. The summed E-state index contributed by atoms with van der Waals surface area (Å²) in [6, 6.07) is 3.78. The lowest BCUT2D eigenvalue weighted by atomic mass is 9.83. The largest absolute Gasteiger partial charge is 0.492 e. The molecule has 0 unspecified atom stereocenters. The minimum absolute atomic E-state index is 0.0318. The number of benzene rings is 1. The maximum Gasteiger partial charge on any atom is 0.274 e. The molecule has 1 N–H and O–H groups in total. The molecule has 1 heterocycles. The first kappa shape index (κ1) is 20.2. The van der Waals surface area contributed by atoms with Crippen LogP contribution in [0.15, 0.2) is 12.1 Å². The number of ether oxygens (including phenoxy) is 3. The molecule has 0 spiro atoms. The van der Waals surface area contributed by atoms with Gasteiger partial charge in [-0.15, -0.1) is 0 Å². The van der Waals surface area contributed by atoms with E-state index in [1.807, 2.05) is 26.0 Å². The molecule has 0 radical (unpaired) electrons. The van der Waals surface area contributed by atoms with Gasteiger partial charge in [-0.1, -0.05) is 22.9 Å². The topological polar surface area (TPSA) is 69.7 Å². The van der Waals surface area contributed by atoms with Gasteiger partial charge in [0.05, 0.1) is 41.2 Å². The second-order valence-electron chi connectivity index (χ2n) is 6.87. The summed E-state index contributed by atoms with van der Waals surface area (Å²) in [6.07, 6.45) is 2.16. The molecule has 1 fully saturated rings. The molecule has 6 nitrogen and oxygen atoms in total. The van der Waals surface area contributed by atoms with Gasteiger partial charge in [0.15, 0.2) is 0 Å². The van der Waals surface area contributed by atoms with Gasteiger partial charge in [0.1, 0.15) is 5.75 Å². The predicted octanol–water partition coefficient (Wildman–Crippen LogP) is 4.05. The van der Waals surface area contributed by atoms with Gasteiger partial charge in [-0.25, -0.2) is 4.98 Å². The molecule has 27 heavy (non-hydrogen) atoms. The molecular weight excluding hydrogens is 388 g/mol. The maximum absolute atomic E-state index is 11.0. The van der Waals surface area contributed by atoms with Gasteiger partial charge in [-0.05, 0) is 38.7 Å². The van der Waals surface area contributed by atoms with Crippen LogP contribution in [0.25, 0.3) is 10.2 Å². The number of amides is 1. The lowest BCUT2D eigenvalue weighted by molar-refractivity contribution is -0.120. The highest BCUT2D eigenvalue weighted by atomic mass is 35.5. The molecular formula is C19H25ClN2O4S. The Hall–Kier alpha value is -1.57. The number of hydrogen-bond donors (Lipinski definition) is 1. The number of nitrogens with zero attached hydrogens (tertiary/aromatic N) is 1. The zero-order valence-electron chi connectivity index (χ0n) is 15.8. The van der Waals surface area contributed by atoms with Crippen LogP contribution >= 0.6 is 22.9 Å². The van der Waals surface area contributed by atoms with Crippen molar-refractivity contribution in [1.29, 1.82) is 0 Å². The van der Waals surface area contributed by atoms with Crippen LogP contribution in [0.1, 0.15) is 33.6 Å². The SMILES string of the molecule is CCOc1nc2cc(Cl)c(OC[C@H]3C[C@H](OC[C@H](C)NC(C)=O)C3)cc2s1. The Morgan fingerprint density at radius 2 is 2.19 bits per heavy atom. The van der Waals surface area contributed by atoms with Crippen LogP contribution < -0.4 is 14.8 Å². The van der Waals surface area contributed by atoms with E-state index in [-0.39, 0.29) is 18.1 Å². The molecule has 1 saturated carbocycles. The van der Waals surface area contributed by atoms with Crippen LogP contribution in [0.4, 0.5) is 0 Å². The van der Waals surface area contributed by atoms with E-state index in [2.05, 4.69) is 10.3 Å². The number of carbonyl (C=O) groups excluding carboxylic acids is 1. The highest BCUT2D eigenvalue weighted by molar-refractivity contribution is 7.20. The average Bonchev–Trinajstić information content (AvgIpc) is 2.93. The summed E-state index contributed by atoms with van der Waals surface area (Å²) in [5.41, 5.74) is 0.825. The average molecular weight is 413 g/mol. The number of carbonyl (C=O) groups is 1. The van der Waals surface area contributed by atoms with Crippen molar-refractivity contribution in [3.8, 4) is 10.9 Å². The van der Waals surface area contributed by atoms with Gasteiger partial charge in [-0.3, -0.25) is 4.79 Å². The van der Waals surface area contributed by atoms with Crippen LogP contribution in [0.3, 0.4) is 0 Å². The highest BCUT2D eigenvalue weighted by Gasteiger charge is 2.31. The van der Waals surface area contributed by atoms with E-state index in [1.54, 1.807) is 0 Å². The third-order valence-electron chi connectivity index (χ3n) is 4.39. The Morgan fingerprint density at radius 1 is 1.41 bits per heavy atom. The second kappa shape index (κ2) is 9.08. The normalized spacial score (nSPS) is 20.1. The van der Waals surface area contributed by atoms with E-state index >= 15 is 0 Å². The van der Waals surface area contributed by atoms with Gasteiger partial charge in [0.2, 0.25) is 5.91 Å². The van der Waals surface area contributed by atoms with Crippen molar-refractivity contribution in [2.45, 2.75) is 45.8 Å². The standard InChI is InChI=1S/C19H25ClN2O4S/c1-4-24-19-22-16-7-15(20)17(8-18(16)27-19)26-10-13-5-14(6-13)25-9-11(2)21-12(3)23/h7-8,11,13-14H,4-6,9-10H2,1-3H3,(H,21,23)/t11-,13-,14-/m0/s1. The van der Waals surface area contributed by atoms with Gasteiger partial charge in [-0.2, -0.15) is 0 Å². The van der Waals surface area contributed by atoms with Gasteiger partial charge >= 0.3 is 0 Å². The summed E-state index contributed by atoms with van der Waals surface area (Å²) in [6.45, 7) is 7.13. The van der Waals surface area contributed by atoms with Gasteiger partial charge < -0.3 is 19.5 Å². The fourth-order valence-corrected chi connectivity index (χ4v) is 4.12. The van der Waals surface area contributed by atoms with Gasteiger partial charge in [0.25, 0.3) is 5.19 Å². The third kappa shape index (κ3) is 5.46. The molecule has 1 aromatic heterocycles. The monoisotopic (exact) mass is 412 g/mol. The molecule has 1 amide bonds. The first-order valence-corrected chi connectivity index (χ1v) is 10.4. The fraction of sp³-hybridized carbons (Fsp3) is 0.579. The summed E-state index contributed by atoms with van der Waals surface area (Å²) in [5, 5.41) is 4.03. The Bertz CT molecular complexity index is 791. The highest BCUT2D eigenvalue weighted by Crippen LogP contribution is 2.37. The summed E-state index contributed by atoms with van der Waals surface area (Å²) in [5.74, 6) is 1.10. The number of hydrogen-bond acceptors (Lipinski definition) is 6. The molecule has 8 heteroatoms. The molecule has 2 aromatic rings. The van der Waals surface area contributed by atoms with Crippen molar-refractivity contribution in [3.05, 3.63) is 17.2 Å². The van der Waals surface area contributed by atoms with E-state index in [0.717, 1.165) is 23.1 Å². The minimum Gasteiger partial charge on any atom is -0.492 e. The zero-order valence-corrected chi connectivity index (χ0v) is 17.4. The fourth-order valence-electron chi connectivity index (χ4n) is 3.03. The van der Waals surface area contributed by atoms with Crippen molar-refractivity contribution in [1.82, 2.24) is 10.3 Å². The molecule has 148 valence electrons. The predicted molar refractivity (Wildman–Crippen MR) is 107 cm³/mol. The first-order chi connectivity index (χ1) is 12.9. The number of aromatic nitrogens is 1. The number of nitrogens with one attached hydrogen (secondary N) is 1. The Morgan fingerprint density at radius 3 is 2.89 bits per heavy atom. The second-order valence-corrected chi connectivity index (χ2v) is 8.27. The summed E-state index contributed by atoms with van der Waals surface area (Å²) in [4.78, 5) is 15.4. The number of rotatable bonds is 9. The van der Waals surface area contributed by atoms with Crippen LogP contribution in [-0.4, -0.2) is 42.9 Å². The van der Waals surface area contributed by atoms with Crippen LogP contribution in [0, 0.1) is 5.92 Å². The number of halogens is 1. The van der Waals surface area contributed by atoms with Crippen molar-refractivity contribution >= 4 is 39.1 Å². The van der Waals surface area contributed by atoms with Crippen molar-refractivity contribution < 1.29 is 19.0 Å². The minimum atomic E-state index is -0.0332. The van der Waals surface area contributed by atoms with Gasteiger partial charge in [0, 0.05) is 19.0 Å². The van der Waals surface area contributed by atoms with Crippen LogP contribution in [-0.2, 0) is 9.53 Å². The Balaban J connectivity index is 1.44. The summed E-state index contributed by atoms with van der Waals surface area (Å²) >= 11 is 7.82. The maximum atomic E-state index is 11.0. The van der Waals surface area contributed by atoms with E-state index in [0.29, 0.717) is 41.7 Å². The van der Waals surface area contributed by atoms with Crippen molar-refractivity contribution in [2.75, 3.05) is 19.8 Å². The quantitative estimate of drug-likeness (QED) is 0.672. The Labute approximate surface area is 168 Å². The van der Waals surface area contributed by atoms with E-state index in [1.165, 1.54) is 18.3 Å². The molecule has 3 rings (SSSR count). The molecule has 1 aliphatic carbocycles. The van der Waals surface area contributed by atoms with Crippen molar-refractivity contribution in [3.63, 3.8) is 0 Å². The number of thiazole rings is 1. The third-order valence-corrected chi connectivity index (χ3v) is 5.61. The zero-order chi connectivity index (χ0) is 19.4. The van der Waals surface area contributed by atoms with E-state index < -0.39 is 0 Å². The molecule has 0 aliphatic heterocycles. The van der Waals surface area contributed by atoms with E-state index in [9.17, 15) is 4.79 Å². The first-order valence-electron chi connectivity index (χ1n) is 9.19. The lowest BCUT2D eigenvalue weighted by Crippen LogP contribution is -2.40. The molecule has 1 aromatic carbocycles. The van der Waals surface area contributed by atoms with Crippen LogP contribution in [0.5, 0.6) is 10.9 Å². The molecule has 1 aliphatic rings. The van der Waals surface area contributed by atoms with Crippen molar-refractivity contribution in [2.24, 2.45) is 5.92 Å². The number of fused-ring (bicyclic) bond motifs is 1. The van der Waals surface area contributed by atoms with E-state index in [4.69, 9.17) is 25.8 Å². The molecule has 0 saturated heterocycles. The molecule has 0 bridgehead atoms. The smallest absolute Gasteiger partial charge is 0.274 e.